The van der Waals surface area contributed by atoms with E-state index in [1.807, 2.05) is 19.1 Å². The highest BCUT2D eigenvalue weighted by atomic mass is 16.3. The number of aromatic hydroxyl groups is 1. The largest absolute Gasteiger partial charge is 0.508 e. The number of aliphatic hydroxyl groups is 2. The molecule has 0 radical (unpaired) electrons. The third-order valence-corrected chi connectivity index (χ3v) is 3.77. The van der Waals surface area contributed by atoms with Crippen LogP contribution in [0.1, 0.15) is 22.8 Å². The molecule has 0 atom stereocenters. The number of aliphatic hydroxyl groups excluding tert-OH is 2. The Morgan fingerprint density at radius 1 is 1.09 bits per heavy atom. The second-order valence-corrected chi connectivity index (χ2v) is 5.91. The minimum Gasteiger partial charge on any atom is -0.508 e. The number of hydrogen-bond acceptors (Lipinski definition) is 4. The van der Waals surface area contributed by atoms with Crippen LogP contribution in [0.15, 0.2) is 42.5 Å². The Morgan fingerprint density at radius 3 is 2.35 bits per heavy atom. The number of phenols is 1. The molecule has 0 spiro atoms. The smallest absolute Gasteiger partial charge is 0.251 e. The maximum atomic E-state index is 12.3. The highest BCUT2D eigenvalue weighted by molar-refractivity contribution is 5.96. The van der Waals surface area contributed by atoms with Crippen LogP contribution in [0.4, 0.5) is 0 Å². The number of nitrogens with one attached hydrogen (secondary N) is 1. The van der Waals surface area contributed by atoms with Crippen molar-refractivity contribution in [3.05, 3.63) is 53.6 Å². The van der Waals surface area contributed by atoms with E-state index in [0.717, 1.165) is 16.7 Å². The number of carbonyl (C=O) groups excluding carboxylic acids is 1. The standard InChI is InChI=1S/C18H21NO4/c1-12-8-14(6-7-16(12)22)13-4-3-5-15(9-13)17(23)19-18(2,10-20)11-21/h3-9,20-22H,10-11H2,1-2H3,(H,19,23). The molecule has 4 N–H and O–H groups in total. The summed E-state index contributed by atoms with van der Waals surface area (Å²) in [7, 11) is 0. The highest BCUT2D eigenvalue weighted by Crippen LogP contribution is 2.26. The van der Waals surface area contributed by atoms with Gasteiger partial charge in [0.15, 0.2) is 0 Å². The Balaban J connectivity index is 2.29. The molecule has 0 fully saturated rings. The third kappa shape index (κ3) is 3.88. The minimum atomic E-state index is -1.07. The van der Waals surface area contributed by atoms with Crippen LogP contribution in [0.2, 0.25) is 0 Å². The van der Waals surface area contributed by atoms with Crippen LogP contribution in [0, 0.1) is 6.92 Å². The summed E-state index contributed by atoms with van der Waals surface area (Å²) in [5, 5.41) is 30.8. The summed E-state index contributed by atoms with van der Waals surface area (Å²) >= 11 is 0. The maximum absolute atomic E-state index is 12.3. The number of rotatable bonds is 5. The first kappa shape index (κ1) is 17.0. The fourth-order valence-corrected chi connectivity index (χ4v) is 2.15. The van der Waals surface area contributed by atoms with Gasteiger partial charge in [-0.1, -0.05) is 18.2 Å². The molecule has 0 unspecified atom stereocenters. The fourth-order valence-electron chi connectivity index (χ4n) is 2.15. The number of hydrogen-bond donors (Lipinski definition) is 4. The van der Waals surface area contributed by atoms with Crippen molar-refractivity contribution in [2.24, 2.45) is 0 Å². The second kappa shape index (κ2) is 6.81. The highest BCUT2D eigenvalue weighted by Gasteiger charge is 2.25. The van der Waals surface area contributed by atoms with Gasteiger partial charge in [-0.3, -0.25) is 4.79 Å². The van der Waals surface area contributed by atoms with Gasteiger partial charge >= 0.3 is 0 Å². The number of aryl methyl sites for hydroxylation is 1. The van der Waals surface area contributed by atoms with Crippen molar-refractivity contribution in [1.82, 2.24) is 5.32 Å². The molecule has 0 saturated heterocycles. The Bertz CT molecular complexity index is 708. The van der Waals surface area contributed by atoms with Crippen molar-refractivity contribution in [2.75, 3.05) is 13.2 Å². The number of benzene rings is 2. The van der Waals surface area contributed by atoms with Gasteiger partial charge in [0.05, 0.1) is 18.8 Å². The molecule has 0 aliphatic heterocycles. The Morgan fingerprint density at radius 2 is 1.74 bits per heavy atom. The molecule has 2 rings (SSSR count). The monoisotopic (exact) mass is 315 g/mol. The van der Waals surface area contributed by atoms with Gasteiger partial charge in [0, 0.05) is 5.56 Å². The molecule has 0 aromatic heterocycles. The van der Waals surface area contributed by atoms with E-state index in [1.165, 1.54) is 0 Å². The van der Waals surface area contributed by atoms with Crippen LogP contribution in [-0.2, 0) is 0 Å². The summed E-state index contributed by atoms with van der Waals surface area (Å²) in [6.45, 7) is 2.67. The van der Waals surface area contributed by atoms with Crippen LogP contribution >= 0.6 is 0 Å². The zero-order valence-electron chi connectivity index (χ0n) is 13.2. The van der Waals surface area contributed by atoms with Crippen LogP contribution in [0.5, 0.6) is 5.75 Å². The zero-order chi connectivity index (χ0) is 17.0. The van der Waals surface area contributed by atoms with Crippen LogP contribution < -0.4 is 5.32 Å². The van der Waals surface area contributed by atoms with E-state index >= 15 is 0 Å². The normalized spacial score (nSPS) is 11.3. The molecule has 2 aromatic carbocycles. The van der Waals surface area contributed by atoms with Crippen molar-refractivity contribution in [1.29, 1.82) is 0 Å². The molecule has 0 aliphatic carbocycles. The van der Waals surface area contributed by atoms with E-state index in [1.54, 1.807) is 37.3 Å². The SMILES string of the molecule is Cc1cc(-c2cccc(C(=O)NC(C)(CO)CO)c2)ccc1O. The first-order valence-corrected chi connectivity index (χ1v) is 7.33. The van der Waals surface area contributed by atoms with Crippen LogP contribution in [0.25, 0.3) is 11.1 Å². The van der Waals surface area contributed by atoms with E-state index in [0.29, 0.717) is 5.56 Å². The molecule has 0 heterocycles. The summed E-state index contributed by atoms with van der Waals surface area (Å²) in [5.74, 6) is -0.141. The van der Waals surface area contributed by atoms with E-state index in [4.69, 9.17) is 0 Å². The van der Waals surface area contributed by atoms with Gasteiger partial charge in [-0.25, -0.2) is 0 Å². The van der Waals surface area contributed by atoms with Crippen molar-refractivity contribution in [2.45, 2.75) is 19.4 Å². The molecular formula is C18H21NO4. The lowest BCUT2D eigenvalue weighted by Gasteiger charge is -2.26. The molecule has 5 nitrogen and oxygen atoms in total. The van der Waals surface area contributed by atoms with Gasteiger partial charge in [-0.05, 0) is 54.8 Å². The Labute approximate surface area is 135 Å². The van der Waals surface area contributed by atoms with Gasteiger partial charge in [-0.2, -0.15) is 0 Å². The second-order valence-electron chi connectivity index (χ2n) is 5.91. The van der Waals surface area contributed by atoms with Crippen molar-refractivity contribution < 1.29 is 20.1 Å². The molecule has 0 bridgehead atoms. The summed E-state index contributed by atoms with van der Waals surface area (Å²) in [6.07, 6.45) is 0. The summed E-state index contributed by atoms with van der Waals surface area (Å²) in [5.41, 5.74) is 1.85. The summed E-state index contributed by atoms with van der Waals surface area (Å²) in [6, 6.07) is 12.3. The predicted octanol–water partition coefficient (Wildman–Crippen LogP) is 1.84. The maximum Gasteiger partial charge on any atom is 0.251 e. The van der Waals surface area contributed by atoms with E-state index in [9.17, 15) is 20.1 Å². The molecule has 2 aromatic rings. The quantitative estimate of drug-likeness (QED) is 0.678. The van der Waals surface area contributed by atoms with Gasteiger partial charge in [0.25, 0.3) is 5.91 Å². The van der Waals surface area contributed by atoms with Crippen molar-refractivity contribution >= 4 is 5.91 Å². The molecule has 5 heteroatoms. The number of amides is 1. The summed E-state index contributed by atoms with van der Waals surface area (Å²) < 4.78 is 0. The van der Waals surface area contributed by atoms with Gasteiger partial charge < -0.3 is 20.6 Å². The van der Waals surface area contributed by atoms with Gasteiger partial charge in [-0.15, -0.1) is 0 Å². The molecule has 23 heavy (non-hydrogen) atoms. The Kier molecular flexibility index (Phi) is 5.03. The zero-order valence-corrected chi connectivity index (χ0v) is 13.2. The third-order valence-electron chi connectivity index (χ3n) is 3.77. The van der Waals surface area contributed by atoms with E-state index in [2.05, 4.69) is 5.32 Å². The average molecular weight is 315 g/mol. The first-order valence-electron chi connectivity index (χ1n) is 7.33. The molecule has 1 amide bonds. The van der Waals surface area contributed by atoms with Crippen molar-refractivity contribution in [3.8, 4) is 16.9 Å². The average Bonchev–Trinajstić information content (AvgIpc) is 2.57. The Hall–Kier alpha value is -2.37. The van der Waals surface area contributed by atoms with Crippen LogP contribution in [0.3, 0.4) is 0 Å². The summed E-state index contributed by atoms with van der Waals surface area (Å²) in [4.78, 5) is 12.3. The minimum absolute atomic E-state index is 0.226. The van der Waals surface area contributed by atoms with E-state index in [-0.39, 0.29) is 24.9 Å². The molecule has 0 saturated carbocycles. The predicted molar refractivity (Wildman–Crippen MR) is 88.3 cm³/mol. The van der Waals surface area contributed by atoms with Crippen molar-refractivity contribution in [3.63, 3.8) is 0 Å². The number of carbonyl (C=O) groups is 1. The number of phenolic OH excluding ortho intramolecular Hbond substituents is 1. The van der Waals surface area contributed by atoms with E-state index < -0.39 is 5.54 Å². The lowest BCUT2D eigenvalue weighted by molar-refractivity contribution is 0.0724. The van der Waals surface area contributed by atoms with Gasteiger partial charge in [0.1, 0.15) is 5.75 Å². The lowest BCUT2D eigenvalue weighted by atomic mass is 9.99. The topological polar surface area (TPSA) is 89.8 Å². The van der Waals surface area contributed by atoms with Crippen LogP contribution in [-0.4, -0.2) is 40.0 Å². The molecular weight excluding hydrogens is 294 g/mol. The fraction of sp³-hybridized carbons (Fsp3) is 0.278. The molecule has 122 valence electrons. The lowest BCUT2D eigenvalue weighted by Crippen LogP contribution is -2.51. The van der Waals surface area contributed by atoms with Gasteiger partial charge in [0.2, 0.25) is 0 Å². The first-order chi connectivity index (χ1) is 10.9. The molecule has 0 aliphatic rings.